The zero-order chi connectivity index (χ0) is 18.3. The lowest BCUT2D eigenvalue weighted by Crippen LogP contribution is -2.51. The minimum atomic E-state index is -0.0886. The molecule has 3 aliphatic rings. The number of aliphatic hydroxyl groups excluding tert-OH is 1. The minimum absolute atomic E-state index is 0. The summed E-state index contributed by atoms with van der Waals surface area (Å²) in [6, 6.07) is 0. The topological polar surface area (TPSA) is 57.1 Å². The number of nitrogens with one attached hydrogen (secondary N) is 1. The molecule has 0 aromatic rings. The van der Waals surface area contributed by atoms with Crippen LogP contribution in [0.3, 0.4) is 0 Å². The number of rotatable bonds is 4. The van der Waals surface area contributed by atoms with Crippen molar-refractivity contribution >= 4 is 29.9 Å². The molecule has 0 aromatic heterocycles. The largest absolute Gasteiger partial charge is 0.396 e. The molecule has 3 fully saturated rings. The van der Waals surface area contributed by atoms with E-state index >= 15 is 0 Å². The van der Waals surface area contributed by atoms with Gasteiger partial charge in [-0.05, 0) is 50.9 Å². The highest BCUT2D eigenvalue weighted by Gasteiger charge is 2.37. The first-order valence-corrected chi connectivity index (χ1v) is 10.9. The Labute approximate surface area is 182 Å². The summed E-state index contributed by atoms with van der Waals surface area (Å²) in [5.74, 6) is 1.06. The molecule has 6 heteroatoms. The van der Waals surface area contributed by atoms with Crippen molar-refractivity contribution in [1.82, 2.24) is 10.2 Å². The van der Waals surface area contributed by atoms with Gasteiger partial charge in [0.2, 0.25) is 0 Å². The second-order valence-electron chi connectivity index (χ2n) is 8.88. The zero-order valence-corrected chi connectivity index (χ0v) is 19.5. The van der Waals surface area contributed by atoms with Crippen LogP contribution >= 0.6 is 24.0 Å². The summed E-state index contributed by atoms with van der Waals surface area (Å²) in [4.78, 5) is 7.54. The summed E-state index contributed by atoms with van der Waals surface area (Å²) < 4.78 is 5.50. The van der Waals surface area contributed by atoms with Gasteiger partial charge in [0.15, 0.2) is 5.96 Å². The van der Waals surface area contributed by atoms with Crippen LogP contribution in [0, 0.1) is 10.8 Å². The molecular formula is C21H40IN3O2. The van der Waals surface area contributed by atoms with E-state index in [1.165, 1.54) is 51.4 Å². The van der Waals surface area contributed by atoms with Crippen LogP contribution in [0.4, 0.5) is 0 Å². The molecule has 0 unspecified atom stereocenters. The average molecular weight is 493 g/mol. The van der Waals surface area contributed by atoms with Crippen molar-refractivity contribution in [1.29, 1.82) is 0 Å². The number of likely N-dealkylation sites (tertiary alicyclic amines) is 1. The lowest BCUT2D eigenvalue weighted by molar-refractivity contribution is -0.0108. The van der Waals surface area contributed by atoms with Crippen molar-refractivity contribution < 1.29 is 9.84 Å². The fourth-order valence-electron chi connectivity index (χ4n) is 5.11. The van der Waals surface area contributed by atoms with Crippen LogP contribution in [0.2, 0.25) is 0 Å². The smallest absolute Gasteiger partial charge is 0.193 e. The number of aliphatic hydroxyl groups is 1. The maximum Gasteiger partial charge on any atom is 0.193 e. The van der Waals surface area contributed by atoms with Gasteiger partial charge in [-0.3, -0.25) is 4.99 Å². The fourth-order valence-corrected chi connectivity index (χ4v) is 5.11. The number of halogens is 1. The average Bonchev–Trinajstić information content (AvgIpc) is 2.91. The van der Waals surface area contributed by atoms with Gasteiger partial charge in [0.05, 0.1) is 13.2 Å². The third-order valence-electron chi connectivity index (χ3n) is 6.91. The number of guanidine groups is 1. The van der Waals surface area contributed by atoms with Crippen LogP contribution in [0.25, 0.3) is 0 Å². The highest BCUT2D eigenvalue weighted by Crippen LogP contribution is 2.42. The summed E-state index contributed by atoms with van der Waals surface area (Å²) in [5, 5.41) is 13.5. The minimum Gasteiger partial charge on any atom is -0.396 e. The Morgan fingerprint density at radius 2 is 1.70 bits per heavy atom. The van der Waals surface area contributed by atoms with Gasteiger partial charge in [0.25, 0.3) is 0 Å². The quantitative estimate of drug-likeness (QED) is 0.356. The summed E-state index contributed by atoms with van der Waals surface area (Å²) in [7, 11) is 0. The van der Waals surface area contributed by atoms with E-state index in [2.05, 4.69) is 17.1 Å². The highest BCUT2D eigenvalue weighted by molar-refractivity contribution is 14.0. The Hall–Kier alpha value is -0.0800. The van der Waals surface area contributed by atoms with Crippen LogP contribution in [0.5, 0.6) is 0 Å². The lowest BCUT2D eigenvalue weighted by atomic mass is 9.74. The van der Waals surface area contributed by atoms with E-state index in [1.54, 1.807) is 0 Å². The van der Waals surface area contributed by atoms with Crippen molar-refractivity contribution in [2.24, 2.45) is 15.8 Å². The Morgan fingerprint density at radius 3 is 2.33 bits per heavy atom. The van der Waals surface area contributed by atoms with Gasteiger partial charge in [-0.2, -0.15) is 0 Å². The first-order chi connectivity index (χ1) is 12.7. The fraction of sp³-hybridized carbons (Fsp3) is 0.952. The van der Waals surface area contributed by atoms with Crippen LogP contribution in [-0.4, -0.2) is 62.0 Å². The Kier molecular flexibility index (Phi) is 9.62. The first kappa shape index (κ1) is 23.2. The number of aliphatic imine (C=N–C) groups is 1. The normalized spacial score (nSPS) is 25.6. The van der Waals surface area contributed by atoms with E-state index in [9.17, 15) is 5.11 Å². The number of piperidine rings is 1. The van der Waals surface area contributed by atoms with Gasteiger partial charge in [0, 0.05) is 38.3 Å². The molecule has 1 spiro atoms. The number of nitrogens with zero attached hydrogens (tertiary/aromatic N) is 2. The molecule has 2 saturated heterocycles. The number of ether oxygens (including phenoxy) is 1. The number of hydrogen-bond donors (Lipinski definition) is 2. The molecule has 0 aromatic carbocycles. The van der Waals surface area contributed by atoms with Crippen LogP contribution < -0.4 is 5.32 Å². The second-order valence-corrected chi connectivity index (χ2v) is 8.88. The van der Waals surface area contributed by atoms with Crippen molar-refractivity contribution in [3.8, 4) is 0 Å². The van der Waals surface area contributed by atoms with E-state index in [0.29, 0.717) is 12.0 Å². The summed E-state index contributed by atoms with van der Waals surface area (Å²) >= 11 is 0. The molecule has 2 N–H and O–H groups in total. The van der Waals surface area contributed by atoms with Gasteiger partial charge in [-0.15, -0.1) is 24.0 Å². The van der Waals surface area contributed by atoms with Crippen molar-refractivity contribution in [3.05, 3.63) is 0 Å². The van der Waals surface area contributed by atoms with Crippen molar-refractivity contribution in [2.45, 2.75) is 71.1 Å². The van der Waals surface area contributed by atoms with Crippen molar-refractivity contribution in [2.75, 3.05) is 46.0 Å². The molecule has 1 saturated carbocycles. The molecule has 3 rings (SSSR count). The highest BCUT2D eigenvalue weighted by atomic mass is 127. The van der Waals surface area contributed by atoms with Gasteiger partial charge < -0.3 is 20.1 Å². The molecule has 5 nitrogen and oxygen atoms in total. The van der Waals surface area contributed by atoms with E-state index in [-0.39, 0.29) is 36.0 Å². The van der Waals surface area contributed by atoms with Crippen LogP contribution in [0.15, 0.2) is 4.99 Å². The summed E-state index contributed by atoms with van der Waals surface area (Å²) in [6.45, 7) is 7.74. The zero-order valence-electron chi connectivity index (χ0n) is 17.2. The predicted molar refractivity (Wildman–Crippen MR) is 122 cm³/mol. The molecule has 1 aliphatic carbocycles. The summed E-state index contributed by atoms with van der Waals surface area (Å²) in [5.41, 5.74) is 0.424. The maximum absolute atomic E-state index is 9.97. The van der Waals surface area contributed by atoms with E-state index in [4.69, 9.17) is 9.73 Å². The van der Waals surface area contributed by atoms with Gasteiger partial charge in [-0.1, -0.05) is 25.7 Å². The molecule has 27 heavy (non-hydrogen) atoms. The SMILES string of the molecule is CCNC(=NCC1(CO)CCOCC1)N1CCCC2(CCCCCC2)C1.I. The molecule has 2 aliphatic heterocycles. The Balaban J connectivity index is 0.00000261. The Morgan fingerprint density at radius 1 is 1.04 bits per heavy atom. The van der Waals surface area contributed by atoms with E-state index in [1.807, 2.05) is 0 Å². The number of hydrogen-bond acceptors (Lipinski definition) is 3. The molecular weight excluding hydrogens is 453 g/mol. The van der Waals surface area contributed by atoms with E-state index in [0.717, 1.165) is 51.6 Å². The standard InChI is InChI=1S/C21H39N3O2.HI/c1-2-22-19(23-16-21(18-25)11-14-26-15-12-21)24-13-7-10-20(17-24)8-5-3-4-6-9-20;/h25H,2-18H2,1H3,(H,22,23);1H. The molecule has 0 amide bonds. The van der Waals surface area contributed by atoms with Crippen molar-refractivity contribution in [3.63, 3.8) is 0 Å². The monoisotopic (exact) mass is 493 g/mol. The second kappa shape index (κ2) is 11.2. The third kappa shape index (κ3) is 6.20. The first-order valence-electron chi connectivity index (χ1n) is 10.9. The Bertz CT molecular complexity index is 458. The van der Waals surface area contributed by atoms with E-state index < -0.39 is 0 Å². The molecule has 158 valence electrons. The van der Waals surface area contributed by atoms with Gasteiger partial charge in [0.1, 0.15) is 0 Å². The molecule has 0 radical (unpaired) electrons. The maximum atomic E-state index is 9.97. The van der Waals surface area contributed by atoms with Gasteiger partial charge in [-0.25, -0.2) is 0 Å². The molecule has 0 atom stereocenters. The van der Waals surface area contributed by atoms with Crippen LogP contribution in [0.1, 0.15) is 71.1 Å². The lowest BCUT2D eigenvalue weighted by Gasteiger charge is -2.44. The van der Waals surface area contributed by atoms with Crippen LogP contribution in [-0.2, 0) is 4.74 Å². The third-order valence-corrected chi connectivity index (χ3v) is 6.91. The summed E-state index contributed by atoms with van der Waals surface area (Å²) in [6.07, 6.45) is 12.9. The van der Waals surface area contributed by atoms with Gasteiger partial charge >= 0.3 is 0 Å². The predicted octanol–water partition coefficient (Wildman–Crippen LogP) is 3.80. The molecule has 0 bridgehead atoms. The molecule has 2 heterocycles.